The zero-order valence-corrected chi connectivity index (χ0v) is 11.5. The lowest BCUT2D eigenvalue weighted by Gasteiger charge is -2.39. The molecule has 1 aromatic carbocycles. The Balaban J connectivity index is 1.92. The summed E-state index contributed by atoms with van der Waals surface area (Å²) in [5.41, 5.74) is 0. The van der Waals surface area contributed by atoms with Gasteiger partial charge in [-0.3, -0.25) is 0 Å². The third-order valence-corrected chi connectivity index (χ3v) is 4.91. The average Bonchev–Trinajstić information content (AvgIpc) is 2.25. The van der Waals surface area contributed by atoms with Crippen LogP contribution in [-0.2, 0) is 10.0 Å². The summed E-state index contributed by atoms with van der Waals surface area (Å²) < 4.78 is 25.5. The second kappa shape index (κ2) is 4.68. The third kappa shape index (κ3) is 3.28. The van der Waals surface area contributed by atoms with E-state index in [1.54, 1.807) is 30.3 Å². The lowest BCUT2D eigenvalue weighted by Crippen LogP contribution is -2.43. The first-order valence-corrected chi connectivity index (χ1v) is 7.63. The van der Waals surface area contributed by atoms with Gasteiger partial charge < -0.3 is 5.11 Å². The van der Waals surface area contributed by atoms with E-state index < -0.39 is 14.5 Å². The lowest BCUT2D eigenvalue weighted by atomic mass is 9.82. The summed E-state index contributed by atoms with van der Waals surface area (Å²) >= 11 is 3.15. The maximum absolute atomic E-state index is 11.9. The number of hydrogen-bond acceptors (Lipinski definition) is 3. The second-order valence-corrected chi connectivity index (χ2v) is 7.60. The normalized spacial score (nSPS) is 28.7. The number of nitrogens with one attached hydrogen (secondary N) is 1. The molecule has 1 saturated carbocycles. The Labute approximate surface area is 109 Å². The molecule has 1 fully saturated rings. The number of rotatable bonds is 4. The van der Waals surface area contributed by atoms with Gasteiger partial charge in [-0.25, -0.2) is 13.1 Å². The summed E-state index contributed by atoms with van der Waals surface area (Å²) in [5, 5.41) is 9.47. The van der Waals surface area contributed by atoms with Gasteiger partial charge in [-0.1, -0.05) is 34.1 Å². The van der Waals surface area contributed by atoms with Gasteiger partial charge >= 0.3 is 0 Å². The first-order valence-electron chi connectivity index (χ1n) is 5.35. The monoisotopic (exact) mass is 319 g/mol. The molecule has 0 unspecified atom stereocenters. The van der Waals surface area contributed by atoms with Crippen LogP contribution in [0.25, 0.3) is 0 Å². The van der Waals surface area contributed by atoms with Crippen molar-refractivity contribution in [2.24, 2.45) is 5.92 Å². The maximum Gasteiger partial charge on any atom is 0.240 e. The van der Waals surface area contributed by atoms with Crippen molar-refractivity contribution in [1.29, 1.82) is 0 Å². The van der Waals surface area contributed by atoms with E-state index in [9.17, 15) is 13.5 Å². The van der Waals surface area contributed by atoms with Crippen LogP contribution in [-0.4, -0.2) is 24.6 Å². The maximum atomic E-state index is 11.9. The van der Waals surface area contributed by atoms with Crippen LogP contribution < -0.4 is 4.72 Å². The van der Waals surface area contributed by atoms with Crippen molar-refractivity contribution in [2.75, 3.05) is 6.54 Å². The van der Waals surface area contributed by atoms with Gasteiger partial charge in [-0.2, -0.15) is 0 Å². The van der Waals surface area contributed by atoms with Crippen molar-refractivity contribution in [2.45, 2.75) is 22.2 Å². The Morgan fingerprint density at radius 2 is 1.94 bits per heavy atom. The highest BCUT2D eigenvalue weighted by atomic mass is 79.9. The smallest absolute Gasteiger partial charge is 0.240 e. The van der Waals surface area contributed by atoms with E-state index >= 15 is 0 Å². The fourth-order valence-corrected chi connectivity index (χ4v) is 3.93. The molecule has 1 aliphatic carbocycles. The molecule has 0 spiro atoms. The first-order chi connectivity index (χ1) is 7.89. The van der Waals surface area contributed by atoms with Crippen molar-refractivity contribution in [3.8, 4) is 0 Å². The van der Waals surface area contributed by atoms with Gasteiger partial charge in [0.25, 0.3) is 0 Å². The summed E-state index contributed by atoms with van der Waals surface area (Å²) in [6.45, 7) is 0.366. The molecular formula is C11H14BrNO3S. The van der Waals surface area contributed by atoms with E-state index in [-0.39, 0.29) is 10.8 Å². The highest BCUT2D eigenvalue weighted by molar-refractivity contribution is 9.10. The molecule has 6 heteroatoms. The fraction of sp³-hybridized carbons (Fsp3) is 0.455. The van der Waals surface area contributed by atoms with Crippen LogP contribution in [0, 0.1) is 5.92 Å². The minimum atomic E-state index is -3.42. The van der Waals surface area contributed by atoms with Crippen LogP contribution in [0.5, 0.6) is 0 Å². The highest BCUT2D eigenvalue weighted by Gasteiger charge is 2.40. The molecular weight excluding hydrogens is 306 g/mol. The van der Waals surface area contributed by atoms with Gasteiger partial charge in [0, 0.05) is 6.54 Å². The van der Waals surface area contributed by atoms with E-state index in [2.05, 4.69) is 20.7 Å². The molecule has 1 aromatic rings. The van der Waals surface area contributed by atoms with Crippen LogP contribution in [0.3, 0.4) is 0 Å². The lowest BCUT2D eigenvalue weighted by molar-refractivity contribution is 0.0186. The minimum absolute atomic E-state index is 0.192. The fourth-order valence-electron chi connectivity index (χ4n) is 1.88. The molecule has 0 heterocycles. The summed E-state index contributed by atoms with van der Waals surface area (Å²) in [6, 6.07) is 8.27. The van der Waals surface area contributed by atoms with E-state index in [4.69, 9.17) is 0 Å². The van der Waals surface area contributed by atoms with Gasteiger partial charge in [0.15, 0.2) is 0 Å². The SMILES string of the molecule is O=S(=O)(NCC1CC(O)(Br)C1)c1ccccc1. The van der Waals surface area contributed by atoms with Crippen molar-refractivity contribution in [1.82, 2.24) is 4.72 Å². The quantitative estimate of drug-likeness (QED) is 0.826. The van der Waals surface area contributed by atoms with Crippen LogP contribution >= 0.6 is 15.9 Å². The molecule has 0 saturated heterocycles. The molecule has 0 aromatic heterocycles. The van der Waals surface area contributed by atoms with Crippen LogP contribution in [0.1, 0.15) is 12.8 Å². The Morgan fingerprint density at radius 3 is 2.47 bits per heavy atom. The minimum Gasteiger partial charge on any atom is -0.379 e. The number of aliphatic hydroxyl groups is 1. The summed E-state index contributed by atoms with van der Waals surface area (Å²) in [4.78, 5) is 0.272. The van der Waals surface area contributed by atoms with E-state index in [1.165, 1.54) is 0 Å². The highest BCUT2D eigenvalue weighted by Crippen LogP contribution is 2.42. The van der Waals surface area contributed by atoms with Gasteiger partial charge in [0.05, 0.1) is 4.90 Å². The van der Waals surface area contributed by atoms with Crippen molar-refractivity contribution >= 4 is 26.0 Å². The predicted octanol–water partition coefficient (Wildman–Crippen LogP) is 1.46. The standard InChI is InChI=1S/C11H14BrNO3S/c12-11(14)6-9(7-11)8-13-17(15,16)10-4-2-1-3-5-10/h1-5,9,13-14H,6-8H2. The van der Waals surface area contributed by atoms with Crippen molar-refractivity contribution in [3.63, 3.8) is 0 Å². The van der Waals surface area contributed by atoms with Crippen LogP contribution in [0.4, 0.5) is 0 Å². The first kappa shape index (κ1) is 13.0. The van der Waals surface area contributed by atoms with Gasteiger partial charge in [0.1, 0.15) is 4.51 Å². The number of halogens is 1. The Bertz CT molecular complexity index is 479. The molecule has 0 atom stereocenters. The summed E-state index contributed by atoms with van der Waals surface area (Å²) in [6.07, 6.45) is 1.15. The Kier molecular flexibility index (Phi) is 3.58. The second-order valence-electron chi connectivity index (χ2n) is 4.36. The number of sulfonamides is 1. The topological polar surface area (TPSA) is 66.4 Å². The Morgan fingerprint density at radius 1 is 1.35 bits per heavy atom. The van der Waals surface area contributed by atoms with E-state index in [1.807, 2.05) is 0 Å². The zero-order chi connectivity index (χ0) is 12.5. The molecule has 0 radical (unpaired) electrons. The van der Waals surface area contributed by atoms with Crippen LogP contribution in [0.2, 0.25) is 0 Å². The zero-order valence-electron chi connectivity index (χ0n) is 9.14. The molecule has 0 aliphatic heterocycles. The van der Waals surface area contributed by atoms with Crippen molar-refractivity contribution in [3.05, 3.63) is 30.3 Å². The number of benzene rings is 1. The van der Waals surface area contributed by atoms with Gasteiger partial charge in [-0.05, 0) is 30.9 Å². The van der Waals surface area contributed by atoms with Crippen molar-refractivity contribution < 1.29 is 13.5 Å². The molecule has 0 amide bonds. The van der Waals surface area contributed by atoms with Gasteiger partial charge in [0.2, 0.25) is 10.0 Å². The van der Waals surface area contributed by atoms with Gasteiger partial charge in [-0.15, -0.1) is 0 Å². The van der Waals surface area contributed by atoms with E-state index in [0.29, 0.717) is 19.4 Å². The van der Waals surface area contributed by atoms with E-state index in [0.717, 1.165) is 0 Å². The number of hydrogen-bond donors (Lipinski definition) is 2. The number of alkyl halides is 1. The third-order valence-electron chi connectivity index (χ3n) is 2.82. The summed E-state index contributed by atoms with van der Waals surface area (Å²) in [7, 11) is -3.42. The molecule has 4 nitrogen and oxygen atoms in total. The molecule has 2 N–H and O–H groups in total. The molecule has 94 valence electrons. The molecule has 2 rings (SSSR count). The predicted molar refractivity (Wildman–Crippen MR) is 68.2 cm³/mol. The molecule has 0 bridgehead atoms. The summed E-state index contributed by atoms with van der Waals surface area (Å²) in [5.74, 6) is 0.192. The Hall–Kier alpha value is -0.430. The molecule has 1 aliphatic rings. The molecule has 17 heavy (non-hydrogen) atoms. The largest absolute Gasteiger partial charge is 0.379 e. The van der Waals surface area contributed by atoms with Crippen LogP contribution in [0.15, 0.2) is 35.2 Å². The average molecular weight is 320 g/mol.